The van der Waals surface area contributed by atoms with Crippen LogP contribution in [0.4, 0.5) is 0 Å². The highest BCUT2D eigenvalue weighted by Gasteiger charge is 2.14. The number of aromatic nitrogens is 4. The van der Waals surface area contributed by atoms with E-state index in [4.69, 9.17) is 5.73 Å². The lowest BCUT2D eigenvalue weighted by molar-refractivity contribution is 0.791. The van der Waals surface area contributed by atoms with Gasteiger partial charge >= 0.3 is 0 Å². The van der Waals surface area contributed by atoms with E-state index in [-0.39, 0.29) is 0 Å². The Bertz CT molecular complexity index is 695. The van der Waals surface area contributed by atoms with E-state index in [0.29, 0.717) is 6.54 Å². The number of hydrogen-bond donors (Lipinski definition) is 1. The van der Waals surface area contributed by atoms with Crippen molar-refractivity contribution in [3.63, 3.8) is 0 Å². The first-order valence-electron chi connectivity index (χ1n) is 6.53. The van der Waals surface area contributed by atoms with Crippen molar-refractivity contribution in [1.82, 2.24) is 18.9 Å². The molecule has 0 unspecified atom stereocenters. The molecular weight excluding hydrogens is 238 g/mol. The average molecular weight is 255 g/mol. The van der Waals surface area contributed by atoms with Crippen LogP contribution in [0.25, 0.3) is 11.5 Å². The van der Waals surface area contributed by atoms with Crippen LogP contribution in [0.15, 0.2) is 36.8 Å². The summed E-state index contributed by atoms with van der Waals surface area (Å²) >= 11 is 0. The monoisotopic (exact) mass is 255 g/mol. The zero-order valence-electron chi connectivity index (χ0n) is 11.0. The van der Waals surface area contributed by atoms with Gasteiger partial charge in [0.15, 0.2) is 5.82 Å². The first-order valence-corrected chi connectivity index (χ1v) is 6.53. The van der Waals surface area contributed by atoms with Crippen LogP contribution < -0.4 is 5.73 Å². The fourth-order valence-electron chi connectivity index (χ4n) is 2.35. The SMILES string of the molecule is CCCc1nccn1-c1nc2ccccn2c1CN. The topological polar surface area (TPSA) is 61.1 Å². The Kier molecular flexibility index (Phi) is 3.05. The van der Waals surface area contributed by atoms with Crippen LogP contribution in [0, 0.1) is 0 Å². The summed E-state index contributed by atoms with van der Waals surface area (Å²) in [4.78, 5) is 9.08. The molecule has 2 N–H and O–H groups in total. The Labute approximate surface area is 111 Å². The molecule has 0 aliphatic heterocycles. The smallest absolute Gasteiger partial charge is 0.161 e. The second kappa shape index (κ2) is 4.85. The van der Waals surface area contributed by atoms with Crippen LogP contribution in [0.1, 0.15) is 24.9 Å². The Morgan fingerprint density at radius 2 is 2.16 bits per heavy atom. The molecule has 0 bridgehead atoms. The molecule has 19 heavy (non-hydrogen) atoms. The van der Waals surface area contributed by atoms with E-state index in [0.717, 1.165) is 35.8 Å². The van der Waals surface area contributed by atoms with E-state index < -0.39 is 0 Å². The molecule has 0 atom stereocenters. The quantitative estimate of drug-likeness (QED) is 0.775. The van der Waals surface area contributed by atoms with Crippen molar-refractivity contribution in [2.75, 3.05) is 0 Å². The molecule has 0 aliphatic carbocycles. The van der Waals surface area contributed by atoms with Gasteiger partial charge in [-0.15, -0.1) is 0 Å². The maximum absolute atomic E-state index is 5.90. The van der Waals surface area contributed by atoms with E-state index >= 15 is 0 Å². The molecule has 0 aliphatic rings. The number of aryl methyl sites for hydroxylation is 1. The second-order valence-corrected chi connectivity index (χ2v) is 4.48. The zero-order chi connectivity index (χ0) is 13.2. The number of rotatable bonds is 4. The molecule has 3 aromatic heterocycles. The average Bonchev–Trinajstić information content (AvgIpc) is 3.02. The van der Waals surface area contributed by atoms with Gasteiger partial charge in [0, 0.05) is 31.6 Å². The van der Waals surface area contributed by atoms with Gasteiger partial charge in [0.05, 0.1) is 5.69 Å². The molecule has 0 amide bonds. The summed E-state index contributed by atoms with van der Waals surface area (Å²) in [7, 11) is 0. The Morgan fingerprint density at radius 1 is 1.26 bits per heavy atom. The van der Waals surface area contributed by atoms with Crippen LogP contribution in [0.3, 0.4) is 0 Å². The maximum atomic E-state index is 5.90. The highest BCUT2D eigenvalue weighted by molar-refractivity contribution is 5.49. The summed E-state index contributed by atoms with van der Waals surface area (Å²) in [6.45, 7) is 2.59. The summed E-state index contributed by atoms with van der Waals surface area (Å²) in [5.41, 5.74) is 7.81. The van der Waals surface area contributed by atoms with E-state index in [1.54, 1.807) is 0 Å². The third-order valence-corrected chi connectivity index (χ3v) is 3.22. The van der Waals surface area contributed by atoms with E-state index in [1.807, 2.05) is 45.8 Å². The van der Waals surface area contributed by atoms with Crippen molar-refractivity contribution in [2.45, 2.75) is 26.3 Å². The van der Waals surface area contributed by atoms with Gasteiger partial charge in [0.2, 0.25) is 0 Å². The Hall–Kier alpha value is -2.14. The van der Waals surface area contributed by atoms with Gasteiger partial charge in [-0.2, -0.15) is 0 Å². The number of fused-ring (bicyclic) bond motifs is 1. The van der Waals surface area contributed by atoms with Gasteiger partial charge in [-0.1, -0.05) is 13.0 Å². The Morgan fingerprint density at radius 3 is 2.95 bits per heavy atom. The molecule has 98 valence electrons. The van der Waals surface area contributed by atoms with Crippen LogP contribution in [0.2, 0.25) is 0 Å². The van der Waals surface area contributed by atoms with Crippen molar-refractivity contribution >= 4 is 5.65 Å². The summed E-state index contributed by atoms with van der Waals surface area (Å²) in [6.07, 6.45) is 7.75. The lowest BCUT2D eigenvalue weighted by Crippen LogP contribution is -2.08. The fraction of sp³-hybridized carbons (Fsp3) is 0.286. The number of pyridine rings is 1. The third-order valence-electron chi connectivity index (χ3n) is 3.22. The molecule has 0 saturated heterocycles. The first-order chi connectivity index (χ1) is 9.35. The standard InChI is InChI=1S/C14H17N5/c1-2-5-12-16-7-9-19(12)14-11(10-15)18-8-4-3-6-13(18)17-14/h3-4,6-9H,2,5,10,15H2,1H3. The summed E-state index contributed by atoms with van der Waals surface area (Å²) in [6, 6.07) is 5.95. The van der Waals surface area contributed by atoms with Gasteiger partial charge in [-0.05, 0) is 18.6 Å². The molecule has 3 aromatic rings. The van der Waals surface area contributed by atoms with Crippen molar-refractivity contribution in [3.05, 3.63) is 48.3 Å². The van der Waals surface area contributed by atoms with Gasteiger partial charge in [-0.25, -0.2) is 9.97 Å². The first kappa shape index (κ1) is 11.9. The van der Waals surface area contributed by atoms with Gasteiger partial charge < -0.3 is 10.1 Å². The number of nitrogens with two attached hydrogens (primary N) is 1. The minimum atomic E-state index is 0.449. The molecule has 3 heterocycles. The Balaban J connectivity index is 2.21. The molecule has 3 rings (SSSR count). The molecule has 0 radical (unpaired) electrons. The predicted octanol–water partition coefficient (Wildman–Crippen LogP) is 1.93. The minimum absolute atomic E-state index is 0.449. The summed E-state index contributed by atoms with van der Waals surface area (Å²) in [5, 5.41) is 0. The number of imidazole rings is 2. The van der Waals surface area contributed by atoms with E-state index in [9.17, 15) is 0 Å². The van der Waals surface area contributed by atoms with E-state index in [2.05, 4.69) is 16.9 Å². The minimum Gasteiger partial charge on any atom is -0.325 e. The van der Waals surface area contributed by atoms with Crippen molar-refractivity contribution in [3.8, 4) is 5.82 Å². The fourth-order valence-corrected chi connectivity index (χ4v) is 2.35. The molecule has 0 fully saturated rings. The predicted molar refractivity (Wildman–Crippen MR) is 74.2 cm³/mol. The molecule has 5 nitrogen and oxygen atoms in total. The maximum Gasteiger partial charge on any atom is 0.161 e. The largest absolute Gasteiger partial charge is 0.325 e. The highest BCUT2D eigenvalue weighted by atomic mass is 15.2. The van der Waals surface area contributed by atoms with Crippen LogP contribution in [-0.4, -0.2) is 18.9 Å². The third kappa shape index (κ3) is 1.92. The van der Waals surface area contributed by atoms with Gasteiger partial charge in [0.25, 0.3) is 0 Å². The molecule has 0 saturated carbocycles. The lowest BCUT2D eigenvalue weighted by atomic mass is 10.3. The number of nitrogens with zero attached hydrogens (tertiary/aromatic N) is 4. The summed E-state index contributed by atoms with van der Waals surface area (Å²) < 4.78 is 4.07. The molecular formula is C14H17N5. The van der Waals surface area contributed by atoms with Crippen LogP contribution >= 0.6 is 0 Å². The van der Waals surface area contributed by atoms with Crippen LogP contribution in [-0.2, 0) is 13.0 Å². The van der Waals surface area contributed by atoms with Gasteiger partial charge in [0.1, 0.15) is 11.5 Å². The lowest BCUT2D eigenvalue weighted by Gasteiger charge is -2.06. The zero-order valence-corrected chi connectivity index (χ0v) is 11.0. The van der Waals surface area contributed by atoms with Crippen LogP contribution in [0.5, 0.6) is 0 Å². The van der Waals surface area contributed by atoms with Crippen molar-refractivity contribution in [1.29, 1.82) is 0 Å². The molecule has 0 spiro atoms. The highest BCUT2D eigenvalue weighted by Crippen LogP contribution is 2.18. The number of hydrogen-bond acceptors (Lipinski definition) is 3. The molecule has 5 heteroatoms. The summed E-state index contributed by atoms with van der Waals surface area (Å²) in [5.74, 6) is 1.91. The van der Waals surface area contributed by atoms with Crippen molar-refractivity contribution in [2.24, 2.45) is 5.73 Å². The van der Waals surface area contributed by atoms with Gasteiger partial charge in [-0.3, -0.25) is 4.57 Å². The van der Waals surface area contributed by atoms with Crippen molar-refractivity contribution < 1.29 is 0 Å². The second-order valence-electron chi connectivity index (χ2n) is 4.48. The molecule has 0 aromatic carbocycles. The normalized spacial score (nSPS) is 11.3. The van der Waals surface area contributed by atoms with E-state index in [1.165, 1.54) is 0 Å².